The summed E-state index contributed by atoms with van der Waals surface area (Å²) >= 11 is 0. The SMILES string of the molecule is CCN(C)c1ccc([C@H]2CCCCN2C(=O)OCc2ccccc2)cn1. The zero-order chi connectivity index (χ0) is 18.4. The van der Waals surface area contributed by atoms with E-state index in [1.54, 1.807) is 0 Å². The summed E-state index contributed by atoms with van der Waals surface area (Å²) in [5, 5.41) is 0. The standard InChI is InChI=1S/C21H27N3O2/c1-3-23(2)20-13-12-18(15-22-20)19-11-7-8-14-24(19)21(25)26-16-17-9-5-4-6-10-17/h4-6,9-10,12-13,15,19H,3,7-8,11,14,16H2,1-2H3/t19-/m1/s1. The molecule has 1 aliphatic rings. The number of hydrogen-bond donors (Lipinski definition) is 0. The summed E-state index contributed by atoms with van der Waals surface area (Å²) in [7, 11) is 2.02. The highest BCUT2D eigenvalue weighted by Gasteiger charge is 2.29. The molecule has 2 heterocycles. The molecule has 1 amide bonds. The first-order valence-electron chi connectivity index (χ1n) is 9.33. The molecule has 0 aliphatic carbocycles. The molecule has 0 bridgehead atoms. The van der Waals surface area contributed by atoms with E-state index in [0.717, 1.165) is 49.3 Å². The fourth-order valence-corrected chi connectivity index (χ4v) is 3.28. The lowest BCUT2D eigenvalue weighted by Crippen LogP contribution is -2.38. The molecule has 5 nitrogen and oxygen atoms in total. The van der Waals surface area contributed by atoms with Gasteiger partial charge in [-0.25, -0.2) is 9.78 Å². The van der Waals surface area contributed by atoms with Crippen LogP contribution in [0, 0.1) is 0 Å². The second-order valence-electron chi connectivity index (χ2n) is 6.71. The molecule has 0 N–H and O–H groups in total. The molecule has 1 fully saturated rings. The van der Waals surface area contributed by atoms with Crippen LogP contribution in [-0.2, 0) is 11.3 Å². The molecule has 0 unspecified atom stereocenters. The topological polar surface area (TPSA) is 45.7 Å². The minimum atomic E-state index is -0.242. The number of likely N-dealkylation sites (tertiary alicyclic amines) is 1. The first-order chi connectivity index (χ1) is 12.7. The molecule has 1 aliphatic heterocycles. The number of hydrogen-bond acceptors (Lipinski definition) is 4. The molecule has 3 rings (SSSR count). The zero-order valence-corrected chi connectivity index (χ0v) is 15.6. The van der Waals surface area contributed by atoms with Gasteiger partial charge in [0.05, 0.1) is 6.04 Å². The molecule has 26 heavy (non-hydrogen) atoms. The molecular weight excluding hydrogens is 326 g/mol. The monoisotopic (exact) mass is 353 g/mol. The summed E-state index contributed by atoms with van der Waals surface area (Å²) < 4.78 is 5.56. The number of nitrogens with zero attached hydrogens (tertiary/aromatic N) is 3. The van der Waals surface area contributed by atoms with Gasteiger partial charge in [0.1, 0.15) is 12.4 Å². The summed E-state index contributed by atoms with van der Waals surface area (Å²) in [5.74, 6) is 0.949. The Morgan fingerprint density at radius 2 is 2.04 bits per heavy atom. The lowest BCUT2D eigenvalue weighted by Gasteiger charge is -2.35. The van der Waals surface area contributed by atoms with Crippen LogP contribution in [0.1, 0.15) is 43.4 Å². The molecule has 1 atom stereocenters. The van der Waals surface area contributed by atoms with Crippen molar-refractivity contribution in [2.75, 3.05) is 25.0 Å². The Kier molecular flexibility index (Phi) is 6.10. The third-order valence-corrected chi connectivity index (χ3v) is 4.96. The zero-order valence-electron chi connectivity index (χ0n) is 15.6. The van der Waals surface area contributed by atoms with Crippen molar-refractivity contribution in [1.29, 1.82) is 0 Å². The van der Waals surface area contributed by atoms with E-state index in [9.17, 15) is 4.79 Å². The molecule has 5 heteroatoms. The van der Waals surface area contributed by atoms with Gasteiger partial charge in [-0.3, -0.25) is 0 Å². The van der Waals surface area contributed by atoms with E-state index in [0.29, 0.717) is 6.61 Å². The molecule has 0 saturated carbocycles. The summed E-state index contributed by atoms with van der Waals surface area (Å²) in [6.07, 6.45) is 4.73. The largest absolute Gasteiger partial charge is 0.445 e. The summed E-state index contributed by atoms with van der Waals surface area (Å²) in [4.78, 5) is 21.2. The first-order valence-corrected chi connectivity index (χ1v) is 9.33. The van der Waals surface area contributed by atoms with Gasteiger partial charge in [0.15, 0.2) is 0 Å². The average Bonchev–Trinajstić information content (AvgIpc) is 2.72. The molecule has 0 spiro atoms. The predicted octanol–water partition coefficient (Wildman–Crippen LogP) is 4.40. The summed E-state index contributed by atoms with van der Waals surface area (Å²) in [6.45, 7) is 4.05. The van der Waals surface area contributed by atoms with Crippen LogP contribution >= 0.6 is 0 Å². The Morgan fingerprint density at radius 3 is 2.73 bits per heavy atom. The lowest BCUT2D eigenvalue weighted by molar-refractivity contribution is 0.0678. The van der Waals surface area contributed by atoms with Crippen LogP contribution in [0.25, 0.3) is 0 Å². The van der Waals surface area contributed by atoms with E-state index in [2.05, 4.69) is 22.9 Å². The maximum atomic E-state index is 12.7. The number of rotatable bonds is 5. The van der Waals surface area contributed by atoms with Crippen LogP contribution in [0.5, 0.6) is 0 Å². The molecule has 0 radical (unpaired) electrons. The fraction of sp³-hybridized carbons (Fsp3) is 0.429. The van der Waals surface area contributed by atoms with Gasteiger partial charge in [0.25, 0.3) is 0 Å². The van der Waals surface area contributed by atoms with Crippen molar-refractivity contribution in [2.24, 2.45) is 0 Å². The number of benzene rings is 1. The first kappa shape index (κ1) is 18.2. The van der Waals surface area contributed by atoms with Crippen LogP contribution in [0.4, 0.5) is 10.6 Å². The quantitative estimate of drug-likeness (QED) is 0.799. The van der Waals surface area contributed by atoms with Crippen LogP contribution in [0.2, 0.25) is 0 Å². The molecule has 1 saturated heterocycles. The second-order valence-corrected chi connectivity index (χ2v) is 6.71. The number of piperidine rings is 1. The Morgan fingerprint density at radius 1 is 1.23 bits per heavy atom. The van der Waals surface area contributed by atoms with Gasteiger partial charge in [-0.05, 0) is 43.4 Å². The van der Waals surface area contributed by atoms with Crippen LogP contribution < -0.4 is 4.90 Å². The summed E-state index contributed by atoms with van der Waals surface area (Å²) in [5.41, 5.74) is 2.08. The van der Waals surface area contributed by atoms with Crippen molar-refractivity contribution in [3.8, 4) is 0 Å². The molecular formula is C21H27N3O2. The van der Waals surface area contributed by atoms with E-state index >= 15 is 0 Å². The number of carbonyl (C=O) groups excluding carboxylic acids is 1. The Hall–Kier alpha value is -2.56. The predicted molar refractivity (Wildman–Crippen MR) is 103 cm³/mol. The number of pyridine rings is 1. The van der Waals surface area contributed by atoms with Gasteiger partial charge in [0.2, 0.25) is 0 Å². The maximum Gasteiger partial charge on any atom is 0.410 e. The van der Waals surface area contributed by atoms with Crippen LogP contribution in [0.3, 0.4) is 0 Å². The third-order valence-electron chi connectivity index (χ3n) is 4.96. The molecule has 138 valence electrons. The minimum absolute atomic E-state index is 0.0421. The number of carbonyl (C=O) groups is 1. The second kappa shape index (κ2) is 8.70. The van der Waals surface area contributed by atoms with Gasteiger partial charge in [0, 0.05) is 26.3 Å². The van der Waals surface area contributed by atoms with E-state index in [1.807, 2.05) is 54.5 Å². The Balaban J connectivity index is 1.68. The van der Waals surface area contributed by atoms with Crippen molar-refractivity contribution in [2.45, 2.75) is 38.8 Å². The Labute approximate surface area is 155 Å². The van der Waals surface area contributed by atoms with Gasteiger partial charge in [-0.2, -0.15) is 0 Å². The smallest absolute Gasteiger partial charge is 0.410 e. The van der Waals surface area contributed by atoms with E-state index in [-0.39, 0.29) is 12.1 Å². The number of aromatic nitrogens is 1. The van der Waals surface area contributed by atoms with Crippen LogP contribution in [0.15, 0.2) is 48.7 Å². The molecule has 2 aromatic rings. The highest BCUT2D eigenvalue weighted by atomic mass is 16.6. The van der Waals surface area contributed by atoms with Gasteiger partial charge in [-0.1, -0.05) is 36.4 Å². The number of anilines is 1. The highest BCUT2D eigenvalue weighted by Crippen LogP contribution is 2.31. The summed E-state index contributed by atoms with van der Waals surface area (Å²) in [6, 6.07) is 13.9. The van der Waals surface area contributed by atoms with Crippen molar-refractivity contribution in [1.82, 2.24) is 9.88 Å². The minimum Gasteiger partial charge on any atom is -0.445 e. The van der Waals surface area contributed by atoms with Crippen molar-refractivity contribution >= 4 is 11.9 Å². The fourth-order valence-electron chi connectivity index (χ4n) is 3.28. The number of ether oxygens (including phenoxy) is 1. The number of amides is 1. The average molecular weight is 353 g/mol. The van der Waals surface area contributed by atoms with E-state index < -0.39 is 0 Å². The van der Waals surface area contributed by atoms with Crippen molar-refractivity contribution in [3.05, 3.63) is 59.8 Å². The normalized spacial score (nSPS) is 17.0. The molecule has 1 aromatic carbocycles. The van der Waals surface area contributed by atoms with E-state index in [1.165, 1.54) is 0 Å². The highest BCUT2D eigenvalue weighted by molar-refractivity contribution is 5.68. The molecule has 1 aromatic heterocycles. The Bertz CT molecular complexity index is 703. The van der Waals surface area contributed by atoms with Crippen molar-refractivity contribution < 1.29 is 9.53 Å². The van der Waals surface area contributed by atoms with Gasteiger partial charge in [-0.15, -0.1) is 0 Å². The van der Waals surface area contributed by atoms with Crippen LogP contribution in [-0.4, -0.2) is 36.1 Å². The third kappa shape index (κ3) is 4.34. The van der Waals surface area contributed by atoms with E-state index in [4.69, 9.17) is 4.74 Å². The van der Waals surface area contributed by atoms with Gasteiger partial charge >= 0.3 is 6.09 Å². The maximum absolute atomic E-state index is 12.7. The van der Waals surface area contributed by atoms with Gasteiger partial charge < -0.3 is 14.5 Å². The van der Waals surface area contributed by atoms with Crippen molar-refractivity contribution in [3.63, 3.8) is 0 Å². The lowest BCUT2D eigenvalue weighted by atomic mass is 9.97.